The molecule has 4 nitrogen and oxygen atoms in total. The van der Waals surface area contributed by atoms with Gasteiger partial charge in [0.1, 0.15) is 11.5 Å². The molecule has 2 rings (SSSR count). The normalized spacial score (nSPS) is 15.3. The van der Waals surface area contributed by atoms with Gasteiger partial charge in [-0.1, -0.05) is 0 Å². The number of ketones is 1. The van der Waals surface area contributed by atoms with Crippen LogP contribution in [0.1, 0.15) is 42.0 Å². The van der Waals surface area contributed by atoms with E-state index in [1.165, 1.54) is 6.92 Å². The first-order valence-electron chi connectivity index (χ1n) is 4.64. The minimum atomic E-state index is -0.0485. The Morgan fingerprint density at radius 2 is 2.21 bits per heavy atom. The van der Waals surface area contributed by atoms with Crippen molar-refractivity contribution in [3.05, 3.63) is 17.6 Å². The van der Waals surface area contributed by atoms with Crippen LogP contribution in [0.2, 0.25) is 0 Å². The molecule has 74 valence electrons. The molecular formula is C10H12N2O2. The van der Waals surface area contributed by atoms with Gasteiger partial charge in [0.25, 0.3) is 0 Å². The van der Waals surface area contributed by atoms with Gasteiger partial charge in [0.05, 0.1) is 7.11 Å². The second-order valence-corrected chi connectivity index (χ2v) is 3.48. The van der Waals surface area contributed by atoms with Crippen molar-refractivity contribution in [2.24, 2.45) is 0 Å². The average molecular weight is 192 g/mol. The van der Waals surface area contributed by atoms with Crippen molar-refractivity contribution in [2.75, 3.05) is 7.11 Å². The van der Waals surface area contributed by atoms with E-state index in [4.69, 9.17) is 4.74 Å². The van der Waals surface area contributed by atoms with Crippen LogP contribution in [0.4, 0.5) is 0 Å². The Labute approximate surface area is 82.3 Å². The number of aromatic nitrogens is 2. The third kappa shape index (κ3) is 1.73. The minimum Gasteiger partial charge on any atom is -0.481 e. The maximum Gasteiger partial charge on any atom is 0.217 e. The van der Waals surface area contributed by atoms with Crippen LogP contribution in [0.15, 0.2) is 6.07 Å². The number of hydrogen-bond acceptors (Lipinski definition) is 4. The lowest BCUT2D eigenvalue weighted by molar-refractivity contribution is 0.101. The molecule has 0 aromatic carbocycles. The minimum absolute atomic E-state index is 0.0485. The summed E-state index contributed by atoms with van der Waals surface area (Å²) in [5.41, 5.74) is 0.443. The molecule has 1 fully saturated rings. The number of ether oxygens (including phenoxy) is 1. The van der Waals surface area contributed by atoms with Gasteiger partial charge < -0.3 is 4.74 Å². The summed E-state index contributed by atoms with van der Waals surface area (Å²) >= 11 is 0. The number of hydrogen-bond donors (Lipinski definition) is 0. The predicted molar refractivity (Wildman–Crippen MR) is 50.6 cm³/mol. The van der Waals surface area contributed by atoms with E-state index in [1.807, 2.05) is 0 Å². The summed E-state index contributed by atoms with van der Waals surface area (Å²) in [4.78, 5) is 19.6. The molecule has 1 aromatic rings. The molecular weight excluding hydrogens is 180 g/mol. The van der Waals surface area contributed by atoms with E-state index >= 15 is 0 Å². The summed E-state index contributed by atoms with van der Waals surface area (Å²) in [6.07, 6.45) is 2.23. The number of nitrogens with zero attached hydrogens (tertiary/aromatic N) is 2. The van der Waals surface area contributed by atoms with Crippen molar-refractivity contribution >= 4 is 5.78 Å². The lowest BCUT2D eigenvalue weighted by atomic mass is 10.3. The van der Waals surface area contributed by atoms with Gasteiger partial charge in [-0.05, 0) is 12.8 Å². The summed E-state index contributed by atoms with van der Waals surface area (Å²) in [5.74, 6) is 1.61. The summed E-state index contributed by atoms with van der Waals surface area (Å²) in [6.45, 7) is 1.50. The summed E-state index contributed by atoms with van der Waals surface area (Å²) in [6, 6.07) is 1.58. The fourth-order valence-electron chi connectivity index (χ4n) is 1.25. The topological polar surface area (TPSA) is 52.1 Å². The smallest absolute Gasteiger partial charge is 0.217 e. The van der Waals surface area contributed by atoms with Gasteiger partial charge >= 0.3 is 0 Å². The molecule has 1 aliphatic rings. The third-order valence-corrected chi connectivity index (χ3v) is 2.23. The van der Waals surface area contributed by atoms with E-state index in [1.54, 1.807) is 13.2 Å². The zero-order valence-corrected chi connectivity index (χ0v) is 8.28. The van der Waals surface area contributed by atoms with E-state index in [2.05, 4.69) is 9.97 Å². The molecule has 0 radical (unpaired) electrons. The number of Topliss-reactive ketones (excluding diaryl/α,β-unsaturated/α-hetero) is 1. The Morgan fingerprint density at radius 3 is 2.71 bits per heavy atom. The lowest BCUT2D eigenvalue weighted by Gasteiger charge is -2.03. The molecule has 14 heavy (non-hydrogen) atoms. The Morgan fingerprint density at radius 1 is 1.50 bits per heavy atom. The average Bonchev–Trinajstić information content (AvgIpc) is 3.00. The molecule has 1 saturated carbocycles. The van der Waals surface area contributed by atoms with E-state index in [0.717, 1.165) is 18.7 Å². The Hall–Kier alpha value is -1.45. The van der Waals surface area contributed by atoms with Gasteiger partial charge in [-0.2, -0.15) is 4.98 Å². The molecule has 0 unspecified atom stereocenters. The molecule has 0 saturated heterocycles. The molecule has 0 spiro atoms. The largest absolute Gasteiger partial charge is 0.481 e. The van der Waals surface area contributed by atoms with Gasteiger partial charge in [0.15, 0.2) is 5.78 Å². The van der Waals surface area contributed by atoms with Crippen LogP contribution in [-0.4, -0.2) is 22.9 Å². The van der Waals surface area contributed by atoms with Crippen molar-refractivity contribution < 1.29 is 9.53 Å². The zero-order chi connectivity index (χ0) is 10.1. The first-order valence-corrected chi connectivity index (χ1v) is 4.64. The molecule has 0 bridgehead atoms. The molecule has 0 N–H and O–H groups in total. The van der Waals surface area contributed by atoms with E-state index < -0.39 is 0 Å². The van der Waals surface area contributed by atoms with Gasteiger partial charge in [0, 0.05) is 18.9 Å². The third-order valence-electron chi connectivity index (χ3n) is 2.23. The first kappa shape index (κ1) is 9.12. The molecule has 0 aliphatic heterocycles. The molecule has 1 aliphatic carbocycles. The fraction of sp³-hybridized carbons (Fsp3) is 0.500. The van der Waals surface area contributed by atoms with Gasteiger partial charge in [-0.3, -0.25) is 4.79 Å². The quantitative estimate of drug-likeness (QED) is 0.682. The van der Waals surface area contributed by atoms with Gasteiger partial charge in [-0.25, -0.2) is 4.98 Å². The highest BCUT2D eigenvalue weighted by Crippen LogP contribution is 2.38. The standard InChI is InChI=1S/C10H12N2O2/c1-6(13)8-5-9(14-2)12-10(11-8)7-3-4-7/h5,7H,3-4H2,1-2H3. The van der Waals surface area contributed by atoms with Crippen molar-refractivity contribution in [1.29, 1.82) is 0 Å². The van der Waals surface area contributed by atoms with E-state index in [0.29, 0.717) is 17.5 Å². The van der Waals surface area contributed by atoms with Gasteiger partial charge in [0.2, 0.25) is 5.88 Å². The Balaban J connectivity index is 2.40. The van der Waals surface area contributed by atoms with Crippen LogP contribution < -0.4 is 4.74 Å². The predicted octanol–water partition coefficient (Wildman–Crippen LogP) is 1.57. The highest BCUT2D eigenvalue weighted by Gasteiger charge is 2.27. The van der Waals surface area contributed by atoms with Crippen molar-refractivity contribution in [3.63, 3.8) is 0 Å². The van der Waals surface area contributed by atoms with Crippen molar-refractivity contribution in [2.45, 2.75) is 25.7 Å². The van der Waals surface area contributed by atoms with Crippen LogP contribution in [0, 0.1) is 0 Å². The van der Waals surface area contributed by atoms with Crippen molar-refractivity contribution in [3.8, 4) is 5.88 Å². The monoisotopic (exact) mass is 192 g/mol. The van der Waals surface area contributed by atoms with Crippen molar-refractivity contribution in [1.82, 2.24) is 9.97 Å². The second-order valence-electron chi connectivity index (χ2n) is 3.48. The van der Waals surface area contributed by atoms with E-state index in [9.17, 15) is 4.79 Å². The molecule has 0 amide bonds. The fourth-order valence-corrected chi connectivity index (χ4v) is 1.25. The lowest BCUT2D eigenvalue weighted by Crippen LogP contribution is -2.04. The Kier molecular flexibility index (Phi) is 2.19. The molecule has 0 atom stereocenters. The number of methoxy groups -OCH3 is 1. The number of rotatable bonds is 3. The van der Waals surface area contributed by atoms with E-state index in [-0.39, 0.29) is 5.78 Å². The number of carbonyl (C=O) groups is 1. The summed E-state index contributed by atoms with van der Waals surface area (Å²) < 4.78 is 5.02. The maximum atomic E-state index is 11.2. The SMILES string of the molecule is COc1cc(C(C)=O)nc(C2CC2)n1. The second kappa shape index (κ2) is 3.36. The highest BCUT2D eigenvalue weighted by atomic mass is 16.5. The van der Waals surface area contributed by atoms with Crippen LogP contribution in [-0.2, 0) is 0 Å². The molecule has 1 heterocycles. The first-order chi connectivity index (χ1) is 6.70. The number of carbonyl (C=O) groups excluding carboxylic acids is 1. The van der Waals surface area contributed by atoms with Crippen LogP contribution >= 0.6 is 0 Å². The Bertz CT molecular complexity index is 372. The van der Waals surface area contributed by atoms with Crippen LogP contribution in [0.25, 0.3) is 0 Å². The maximum absolute atomic E-state index is 11.2. The summed E-state index contributed by atoms with van der Waals surface area (Å²) in [7, 11) is 1.54. The van der Waals surface area contributed by atoms with Crippen LogP contribution in [0.3, 0.4) is 0 Å². The summed E-state index contributed by atoms with van der Waals surface area (Å²) in [5, 5.41) is 0. The molecule has 4 heteroatoms. The molecule has 1 aromatic heterocycles. The van der Waals surface area contributed by atoms with Crippen LogP contribution in [0.5, 0.6) is 5.88 Å². The zero-order valence-electron chi connectivity index (χ0n) is 8.28. The van der Waals surface area contributed by atoms with Gasteiger partial charge in [-0.15, -0.1) is 0 Å². The highest BCUT2D eigenvalue weighted by molar-refractivity contribution is 5.92.